The van der Waals surface area contributed by atoms with Crippen molar-refractivity contribution in [2.45, 2.75) is 33.6 Å². The molecular formula is C14H23N. The minimum absolute atomic E-state index is 0.742. The van der Waals surface area contributed by atoms with Gasteiger partial charge in [-0.05, 0) is 43.0 Å². The van der Waals surface area contributed by atoms with Crippen LogP contribution in [0.3, 0.4) is 0 Å². The number of aryl methyl sites for hydroxylation is 1. The first-order valence-corrected chi connectivity index (χ1v) is 6.01. The Morgan fingerprint density at radius 3 is 2.40 bits per heavy atom. The summed E-state index contributed by atoms with van der Waals surface area (Å²) in [5.74, 6) is 0.742. The van der Waals surface area contributed by atoms with E-state index >= 15 is 0 Å². The van der Waals surface area contributed by atoms with Gasteiger partial charge in [0, 0.05) is 0 Å². The van der Waals surface area contributed by atoms with E-state index in [1.54, 1.807) is 0 Å². The third-order valence-corrected chi connectivity index (χ3v) is 2.62. The van der Waals surface area contributed by atoms with Crippen molar-refractivity contribution < 1.29 is 0 Å². The molecule has 0 saturated carbocycles. The summed E-state index contributed by atoms with van der Waals surface area (Å²) in [6.07, 6.45) is 2.29. The Hall–Kier alpha value is -0.820. The molecule has 1 rings (SSSR count). The van der Waals surface area contributed by atoms with Crippen LogP contribution in [-0.4, -0.2) is 13.1 Å². The molecule has 0 fully saturated rings. The quantitative estimate of drug-likeness (QED) is 0.704. The maximum Gasteiger partial charge on any atom is -0.000814 e. The van der Waals surface area contributed by atoms with Gasteiger partial charge < -0.3 is 5.32 Å². The molecule has 1 nitrogen and oxygen atoms in total. The molecule has 1 aromatic carbocycles. The SMILES string of the molecule is CCc1ccccc1CCNCC(C)C. The molecule has 84 valence electrons. The van der Waals surface area contributed by atoms with Crippen LogP contribution in [0.5, 0.6) is 0 Å². The molecule has 1 aromatic rings. The highest BCUT2D eigenvalue weighted by Gasteiger charge is 1.99. The molecule has 0 saturated heterocycles. The van der Waals surface area contributed by atoms with Gasteiger partial charge in [0.1, 0.15) is 0 Å². The first-order valence-electron chi connectivity index (χ1n) is 6.01. The summed E-state index contributed by atoms with van der Waals surface area (Å²) in [5.41, 5.74) is 2.99. The van der Waals surface area contributed by atoms with Gasteiger partial charge in [-0.2, -0.15) is 0 Å². The van der Waals surface area contributed by atoms with Gasteiger partial charge in [-0.1, -0.05) is 45.0 Å². The lowest BCUT2D eigenvalue weighted by atomic mass is 10.0. The molecule has 15 heavy (non-hydrogen) atoms. The Kier molecular flexibility index (Phi) is 5.41. The molecule has 0 amide bonds. The standard InChI is InChI=1S/C14H23N/c1-4-13-7-5-6-8-14(13)9-10-15-11-12(2)3/h5-8,12,15H,4,9-11H2,1-3H3. The van der Waals surface area contributed by atoms with Crippen molar-refractivity contribution >= 4 is 0 Å². The number of nitrogens with one attached hydrogen (secondary N) is 1. The van der Waals surface area contributed by atoms with Crippen molar-refractivity contribution in [3.05, 3.63) is 35.4 Å². The van der Waals surface area contributed by atoms with Crippen LogP contribution in [0.25, 0.3) is 0 Å². The van der Waals surface area contributed by atoms with Crippen molar-refractivity contribution in [1.82, 2.24) is 5.32 Å². The lowest BCUT2D eigenvalue weighted by Crippen LogP contribution is -2.22. The van der Waals surface area contributed by atoms with Gasteiger partial charge in [-0.3, -0.25) is 0 Å². The molecule has 0 unspecified atom stereocenters. The van der Waals surface area contributed by atoms with Crippen molar-refractivity contribution in [1.29, 1.82) is 0 Å². The van der Waals surface area contributed by atoms with E-state index in [4.69, 9.17) is 0 Å². The Labute approximate surface area is 93.9 Å². The normalized spacial score (nSPS) is 10.9. The first-order chi connectivity index (χ1) is 7.24. The Morgan fingerprint density at radius 1 is 1.13 bits per heavy atom. The zero-order chi connectivity index (χ0) is 11.1. The predicted octanol–water partition coefficient (Wildman–Crippen LogP) is 3.04. The van der Waals surface area contributed by atoms with Gasteiger partial charge in [0.2, 0.25) is 0 Å². The van der Waals surface area contributed by atoms with Crippen LogP contribution in [0.1, 0.15) is 31.9 Å². The van der Waals surface area contributed by atoms with Gasteiger partial charge in [-0.15, -0.1) is 0 Å². The lowest BCUT2D eigenvalue weighted by Gasteiger charge is -2.09. The summed E-state index contributed by atoms with van der Waals surface area (Å²) in [5, 5.41) is 3.48. The van der Waals surface area contributed by atoms with Gasteiger partial charge in [0.15, 0.2) is 0 Å². The van der Waals surface area contributed by atoms with Crippen LogP contribution in [0, 0.1) is 5.92 Å². The summed E-state index contributed by atoms with van der Waals surface area (Å²) < 4.78 is 0. The molecule has 0 atom stereocenters. The maximum absolute atomic E-state index is 3.48. The molecule has 0 spiro atoms. The third kappa shape index (κ3) is 4.48. The number of hydrogen-bond acceptors (Lipinski definition) is 1. The molecule has 0 aliphatic heterocycles. The molecular weight excluding hydrogens is 182 g/mol. The minimum atomic E-state index is 0.742. The van der Waals surface area contributed by atoms with E-state index in [9.17, 15) is 0 Å². The van der Waals surface area contributed by atoms with Gasteiger partial charge in [0.05, 0.1) is 0 Å². The topological polar surface area (TPSA) is 12.0 Å². The zero-order valence-electron chi connectivity index (χ0n) is 10.2. The highest BCUT2D eigenvalue weighted by molar-refractivity contribution is 5.27. The highest BCUT2D eigenvalue weighted by Crippen LogP contribution is 2.09. The van der Waals surface area contributed by atoms with Crippen molar-refractivity contribution in [2.24, 2.45) is 5.92 Å². The lowest BCUT2D eigenvalue weighted by molar-refractivity contribution is 0.554. The van der Waals surface area contributed by atoms with E-state index in [1.165, 1.54) is 11.1 Å². The monoisotopic (exact) mass is 205 g/mol. The van der Waals surface area contributed by atoms with E-state index in [1.807, 2.05) is 0 Å². The van der Waals surface area contributed by atoms with E-state index in [-0.39, 0.29) is 0 Å². The number of hydrogen-bond donors (Lipinski definition) is 1. The predicted molar refractivity (Wildman–Crippen MR) is 67.2 cm³/mol. The Bertz CT molecular complexity index is 278. The molecule has 0 heterocycles. The van der Waals surface area contributed by atoms with E-state index < -0.39 is 0 Å². The summed E-state index contributed by atoms with van der Waals surface area (Å²) in [6, 6.07) is 8.74. The van der Waals surface area contributed by atoms with Crippen LogP contribution in [-0.2, 0) is 12.8 Å². The van der Waals surface area contributed by atoms with Crippen molar-refractivity contribution in [3.63, 3.8) is 0 Å². The van der Waals surface area contributed by atoms with Gasteiger partial charge in [0.25, 0.3) is 0 Å². The maximum atomic E-state index is 3.48. The molecule has 0 aliphatic rings. The fourth-order valence-corrected chi connectivity index (χ4v) is 1.76. The van der Waals surface area contributed by atoms with Gasteiger partial charge in [-0.25, -0.2) is 0 Å². The van der Waals surface area contributed by atoms with Crippen LogP contribution < -0.4 is 5.32 Å². The summed E-state index contributed by atoms with van der Waals surface area (Å²) in [7, 11) is 0. The van der Waals surface area contributed by atoms with E-state index in [0.29, 0.717) is 0 Å². The van der Waals surface area contributed by atoms with Crippen LogP contribution in [0.4, 0.5) is 0 Å². The summed E-state index contributed by atoms with van der Waals surface area (Å²) in [4.78, 5) is 0. The Morgan fingerprint density at radius 2 is 1.80 bits per heavy atom. The average molecular weight is 205 g/mol. The number of benzene rings is 1. The second-order valence-corrected chi connectivity index (χ2v) is 4.47. The van der Waals surface area contributed by atoms with Crippen LogP contribution in [0.15, 0.2) is 24.3 Å². The summed E-state index contributed by atoms with van der Waals surface area (Å²) >= 11 is 0. The first kappa shape index (κ1) is 12.3. The van der Waals surface area contributed by atoms with E-state index in [2.05, 4.69) is 50.4 Å². The third-order valence-electron chi connectivity index (χ3n) is 2.62. The summed E-state index contributed by atoms with van der Waals surface area (Å²) in [6.45, 7) is 8.92. The van der Waals surface area contributed by atoms with Crippen molar-refractivity contribution in [2.75, 3.05) is 13.1 Å². The highest BCUT2D eigenvalue weighted by atomic mass is 14.8. The van der Waals surface area contributed by atoms with Crippen LogP contribution in [0.2, 0.25) is 0 Å². The fraction of sp³-hybridized carbons (Fsp3) is 0.571. The Balaban J connectivity index is 2.36. The molecule has 1 N–H and O–H groups in total. The van der Waals surface area contributed by atoms with Crippen LogP contribution >= 0.6 is 0 Å². The molecule has 0 radical (unpaired) electrons. The van der Waals surface area contributed by atoms with E-state index in [0.717, 1.165) is 31.8 Å². The van der Waals surface area contributed by atoms with Gasteiger partial charge >= 0.3 is 0 Å². The number of rotatable bonds is 6. The fourth-order valence-electron chi connectivity index (χ4n) is 1.76. The largest absolute Gasteiger partial charge is 0.316 e. The molecule has 0 aromatic heterocycles. The molecule has 1 heteroatoms. The second-order valence-electron chi connectivity index (χ2n) is 4.47. The smallest absolute Gasteiger partial charge is 0.000814 e. The zero-order valence-corrected chi connectivity index (χ0v) is 10.2. The second kappa shape index (κ2) is 6.62. The molecule has 0 aliphatic carbocycles. The minimum Gasteiger partial charge on any atom is -0.316 e. The molecule has 0 bridgehead atoms. The van der Waals surface area contributed by atoms with Crippen molar-refractivity contribution in [3.8, 4) is 0 Å². The average Bonchev–Trinajstić information content (AvgIpc) is 2.24.